The van der Waals surface area contributed by atoms with Crippen molar-refractivity contribution in [2.75, 3.05) is 18.4 Å². The molecule has 4 nitrogen and oxygen atoms in total. The van der Waals surface area contributed by atoms with Crippen molar-refractivity contribution in [2.45, 2.75) is 27.2 Å². The SMILES string of the molecule is Cc1ccc(F)cc1NC(=O)[C@@H]1CC(=O)N(CC(C)C)C1. The van der Waals surface area contributed by atoms with Gasteiger partial charge in [0.2, 0.25) is 11.8 Å². The van der Waals surface area contributed by atoms with E-state index in [4.69, 9.17) is 0 Å². The second kappa shape index (κ2) is 6.24. The standard InChI is InChI=1S/C16H21FN2O2/c1-10(2)8-19-9-12(6-15(19)20)16(21)18-14-7-13(17)5-4-11(14)3/h4-5,7,10,12H,6,8-9H2,1-3H3,(H,18,21)/t12-/m1/s1. The van der Waals surface area contributed by atoms with E-state index >= 15 is 0 Å². The molecule has 114 valence electrons. The van der Waals surface area contributed by atoms with E-state index < -0.39 is 0 Å². The third-order valence-corrected chi connectivity index (χ3v) is 3.63. The Morgan fingerprint density at radius 2 is 2.19 bits per heavy atom. The molecule has 1 aliphatic rings. The third kappa shape index (κ3) is 3.80. The van der Waals surface area contributed by atoms with E-state index in [-0.39, 0.29) is 30.0 Å². The van der Waals surface area contributed by atoms with E-state index in [9.17, 15) is 14.0 Å². The van der Waals surface area contributed by atoms with Crippen molar-refractivity contribution >= 4 is 17.5 Å². The molecule has 1 saturated heterocycles. The van der Waals surface area contributed by atoms with Crippen LogP contribution in [0.4, 0.5) is 10.1 Å². The fourth-order valence-corrected chi connectivity index (χ4v) is 2.53. The molecule has 0 aromatic heterocycles. The Hall–Kier alpha value is -1.91. The molecule has 0 unspecified atom stereocenters. The van der Waals surface area contributed by atoms with E-state index in [2.05, 4.69) is 5.32 Å². The summed E-state index contributed by atoms with van der Waals surface area (Å²) in [7, 11) is 0. The maximum atomic E-state index is 13.2. The number of likely N-dealkylation sites (tertiary alicyclic amines) is 1. The number of anilines is 1. The van der Waals surface area contributed by atoms with Gasteiger partial charge in [-0.1, -0.05) is 19.9 Å². The van der Waals surface area contributed by atoms with Gasteiger partial charge >= 0.3 is 0 Å². The van der Waals surface area contributed by atoms with Gasteiger partial charge in [-0.25, -0.2) is 4.39 Å². The summed E-state index contributed by atoms with van der Waals surface area (Å²) in [5.41, 5.74) is 1.27. The second-order valence-corrected chi connectivity index (χ2v) is 6.04. The zero-order valence-electron chi connectivity index (χ0n) is 12.6. The van der Waals surface area contributed by atoms with Crippen LogP contribution in [0, 0.1) is 24.6 Å². The number of hydrogen-bond acceptors (Lipinski definition) is 2. The highest BCUT2D eigenvalue weighted by Gasteiger charge is 2.34. The maximum Gasteiger partial charge on any atom is 0.229 e. The Labute approximate surface area is 124 Å². The van der Waals surface area contributed by atoms with Gasteiger partial charge in [-0.15, -0.1) is 0 Å². The fraction of sp³-hybridized carbons (Fsp3) is 0.500. The number of aryl methyl sites for hydroxylation is 1. The summed E-state index contributed by atoms with van der Waals surface area (Å²) in [4.78, 5) is 25.9. The van der Waals surface area contributed by atoms with Crippen LogP contribution in [-0.2, 0) is 9.59 Å². The average Bonchev–Trinajstić information content (AvgIpc) is 2.75. The number of hydrogen-bond donors (Lipinski definition) is 1. The van der Waals surface area contributed by atoms with Crippen LogP contribution in [0.25, 0.3) is 0 Å². The number of carbonyl (C=O) groups excluding carboxylic acids is 2. The van der Waals surface area contributed by atoms with Crippen molar-refractivity contribution in [2.24, 2.45) is 11.8 Å². The first-order valence-corrected chi connectivity index (χ1v) is 7.21. The van der Waals surface area contributed by atoms with Gasteiger partial charge in [0.15, 0.2) is 0 Å². The van der Waals surface area contributed by atoms with Crippen molar-refractivity contribution in [3.8, 4) is 0 Å². The third-order valence-electron chi connectivity index (χ3n) is 3.63. The summed E-state index contributed by atoms with van der Waals surface area (Å²) in [6, 6.07) is 4.28. The van der Waals surface area contributed by atoms with E-state index in [1.807, 2.05) is 13.8 Å². The van der Waals surface area contributed by atoms with Gasteiger partial charge in [-0.05, 0) is 30.5 Å². The summed E-state index contributed by atoms with van der Waals surface area (Å²) >= 11 is 0. The van der Waals surface area contributed by atoms with E-state index in [1.165, 1.54) is 12.1 Å². The summed E-state index contributed by atoms with van der Waals surface area (Å²) in [5, 5.41) is 2.73. The molecular formula is C16H21FN2O2. The van der Waals surface area contributed by atoms with Crippen LogP contribution < -0.4 is 5.32 Å². The highest BCUT2D eigenvalue weighted by Crippen LogP contribution is 2.22. The molecule has 0 radical (unpaired) electrons. The van der Waals surface area contributed by atoms with Crippen molar-refractivity contribution in [1.82, 2.24) is 4.90 Å². The van der Waals surface area contributed by atoms with Crippen LogP contribution in [0.2, 0.25) is 0 Å². The highest BCUT2D eigenvalue weighted by atomic mass is 19.1. The zero-order chi connectivity index (χ0) is 15.6. The molecule has 1 aromatic rings. The molecule has 0 spiro atoms. The maximum absolute atomic E-state index is 13.2. The minimum atomic E-state index is -0.389. The number of benzene rings is 1. The lowest BCUT2D eigenvalue weighted by Gasteiger charge is -2.18. The highest BCUT2D eigenvalue weighted by molar-refractivity contribution is 5.97. The normalized spacial score (nSPS) is 18.4. The smallest absolute Gasteiger partial charge is 0.229 e. The Morgan fingerprint density at radius 3 is 2.86 bits per heavy atom. The number of carbonyl (C=O) groups is 2. The monoisotopic (exact) mass is 292 g/mol. The van der Waals surface area contributed by atoms with Gasteiger partial charge in [-0.2, -0.15) is 0 Å². The van der Waals surface area contributed by atoms with Crippen molar-refractivity contribution in [3.05, 3.63) is 29.6 Å². The van der Waals surface area contributed by atoms with Crippen LogP contribution in [0.3, 0.4) is 0 Å². The molecule has 1 aromatic carbocycles. The molecular weight excluding hydrogens is 271 g/mol. The van der Waals surface area contributed by atoms with Gasteiger partial charge in [-0.3, -0.25) is 9.59 Å². The zero-order valence-corrected chi connectivity index (χ0v) is 12.6. The van der Waals surface area contributed by atoms with Crippen molar-refractivity contribution in [3.63, 3.8) is 0 Å². The second-order valence-electron chi connectivity index (χ2n) is 6.04. The molecule has 1 atom stereocenters. The minimum absolute atomic E-state index is 0.0137. The lowest BCUT2D eigenvalue weighted by Crippen LogP contribution is -2.31. The summed E-state index contributed by atoms with van der Waals surface area (Å²) in [5.74, 6) is -0.580. The molecule has 0 aliphatic carbocycles. The van der Waals surface area contributed by atoms with Gasteiger partial charge in [0, 0.05) is 25.2 Å². The van der Waals surface area contributed by atoms with Gasteiger partial charge in [0.1, 0.15) is 5.82 Å². The molecule has 0 bridgehead atoms. The lowest BCUT2D eigenvalue weighted by atomic mass is 10.1. The molecule has 1 fully saturated rings. The van der Waals surface area contributed by atoms with Crippen molar-refractivity contribution < 1.29 is 14.0 Å². The predicted molar refractivity (Wildman–Crippen MR) is 79.3 cm³/mol. The van der Waals surface area contributed by atoms with Crippen LogP contribution >= 0.6 is 0 Å². The van der Waals surface area contributed by atoms with Crippen LogP contribution in [0.1, 0.15) is 25.8 Å². The molecule has 1 heterocycles. The first-order valence-electron chi connectivity index (χ1n) is 7.21. The summed E-state index contributed by atoms with van der Waals surface area (Å²) in [6.45, 7) is 6.99. The quantitative estimate of drug-likeness (QED) is 0.927. The van der Waals surface area contributed by atoms with E-state index in [1.54, 1.807) is 17.9 Å². The Kier molecular flexibility index (Phi) is 4.60. The molecule has 1 N–H and O–H groups in total. The molecule has 2 rings (SSSR count). The van der Waals surface area contributed by atoms with Crippen LogP contribution in [-0.4, -0.2) is 29.8 Å². The molecule has 5 heteroatoms. The largest absolute Gasteiger partial charge is 0.342 e. The fourth-order valence-electron chi connectivity index (χ4n) is 2.53. The minimum Gasteiger partial charge on any atom is -0.342 e. The molecule has 21 heavy (non-hydrogen) atoms. The van der Waals surface area contributed by atoms with Gasteiger partial charge in [0.05, 0.1) is 5.92 Å². The molecule has 1 aliphatic heterocycles. The van der Waals surface area contributed by atoms with Crippen LogP contribution in [0.5, 0.6) is 0 Å². The number of amides is 2. The molecule has 0 saturated carbocycles. The number of nitrogens with one attached hydrogen (secondary N) is 1. The van der Waals surface area contributed by atoms with Gasteiger partial charge in [0.25, 0.3) is 0 Å². The topological polar surface area (TPSA) is 49.4 Å². The van der Waals surface area contributed by atoms with E-state index in [0.29, 0.717) is 24.7 Å². The number of nitrogens with zero attached hydrogens (tertiary/aromatic N) is 1. The number of halogens is 1. The number of rotatable bonds is 4. The first-order chi connectivity index (χ1) is 9.86. The Bertz CT molecular complexity index is 557. The predicted octanol–water partition coefficient (Wildman–Crippen LogP) is 2.58. The average molecular weight is 292 g/mol. The van der Waals surface area contributed by atoms with Crippen molar-refractivity contribution in [1.29, 1.82) is 0 Å². The van der Waals surface area contributed by atoms with Gasteiger partial charge < -0.3 is 10.2 Å². The van der Waals surface area contributed by atoms with E-state index in [0.717, 1.165) is 5.56 Å². The van der Waals surface area contributed by atoms with Crippen LogP contribution in [0.15, 0.2) is 18.2 Å². The Morgan fingerprint density at radius 1 is 1.48 bits per heavy atom. The first kappa shape index (κ1) is 15.5. The summed E-state index contributed by atoms with van der Waals surface area (Å²) < 4.78 is 13.2. The molecule has 2 amide bonds. The summed E-state index contributed by atoms with van der Waals surface area (Å²) in [6.07, 6.45) is 0.229. The lowest BCUT2D eigenvalue weighted by molar-refractivity contribution is -0.128. The Balaban J connectivity index is 2.01.